The molecule has 10 heteroatoms. The first kappa shape index (κ1) is 42.2. The predicted octanol–water partition coefficient (Wildman–Crippen LogP) is 5.53. The standard InChI is InChI=1S/C44H62O10/c1-27(31(5)45)24-28(2)44-38-23-22-32(50-44)16-11-7-6-8-12-17-33(46)43(49)41-25-34(47)29(3)35(52-41)19-15-20-36-30(4)39-26-40(51-36)37(53-39)18-13-9-10-14-21-42(48)54-38/h7,9-15,17-18,20-24,27,29-41,43-47,49H,6,8,16,19,25-26H2,1-5H3/b10-9-,11-7+,17-12+,18-13+,20-15+,21-14-,28-24+/t27?,29?,30?,31?,32-,33?,34-,35?,36-,37+,38?,39?,40-,41+,43?,44?/m0/s1. The van der Waals surface area contributed by atoms with E-state index in [2.05, 4.69) is 13.0 Å². The van der Waals surface area contributed by atoms with Crippen LogP contribution in [0.25, 0.3) is 0 Å². The van der Waals surface area contributed by atoms with Gasteiger partial charge < -0.3 is 44.1 Å². The fourth-order valence-corrected chi connectivity index (χ4v) is 7.66. The van der Waals surface area contributed by atoms with Crippen molar-refractivity contribution >= 4 is 5.97 Å². The molecule has 0 amide bonds. The molecule has 10 nitrogen and oxygen atoms in total. The highest BCUT2D eigenvalue weighted by Crippen LogP contribution is 2.38. The molecule has 0 radical (unpaired) electrons. The fourth-order valence-electron chi connectivity index (χ4n) is 7.66. The Morgan fingerprint density at radius 1 is 0.722 bits per heavy atom. The van der Waals surface area contributed by atoms with Crippen LogP contribution in [0, 0.1) is 17.8 Å². The van der Waals surface area contributed by atoms with E-state index >= 15 is 0 Å². The van der Waals surface area contributed by atoms with E-state index in [9.17, 15) is 25.2 Å². The van der Waals surface area contributed by atoms with Gasteiger partial charge in [-0.1, -0.05) is 99.8 Å². The maximum atomic E-state index is 12.9. The minimum Gasteiger partial charge on any atom is -0.452 e. The first-order chi connectivity index (χ1) is 25.9. The molecule has 6 heterocycles. The number of carbonyl (C=O) groups is 1. The predicted molar refractivity (Wildman–Crippen MR) is 207 cm³/mol. The van der Waals surface area contributed by atoms with Gasteiger partial charge in [-0.15, -0.1) is 0 Å². The van der Waals surface area contributed by atoms with Crippen LogP contribution in [0.5, 0.6) is 0 Å². The smallest absolute Gasteiger partial charge is 0.331 e. The van der Waals surface area contributed by atoms with Crippen LogP contribution in [0.4, 0.5) is 0 Å². The number of hydrogen-bond acceptors (Lipinski definition) is 10. The molecule has 0 aromatic rings. The second-order valence-corrected chi connectivity index (χ2v) is 15.6. The van der Waals surface area contributed by atoms with Gasteiger partial charge in [0, 0.05) is 36.7 Å². The molecule has 3 fully saturated rings. The van der Waals surface area contributed by atoms with Crippen molar-refractivity contribution in [2.24, 2.45) is 17.8 Å². The van der Waals surface area contributed by atoms with Crippen molar-refractivity contribution in [2.45, 2.75) is 152 Å². The Morgan fingerprint density at radius 2 is 1.48 bits per heavy atom. The highest BCUT2D eigenvalue weighted by molar-refractivity contribution is 5.82. The lowest BCUT2D eigenvalue weighted by Gasteiger charge is -2.40. The fraction of sp³-hybridized carbons (Fsp3) is 0.614. The SMILES string of the molecule is C/C(=C\C(C)C(C)O)C1O[C@@H]2C=CC1OC(=O)\C=C/C=C\C=C\[C@H]1OC3C[C@@H]1O[C@@H](/C=C/CC1O[C@H](C[C@H](O)C1C)C(O)C(O)/C=C/CC/C=C/C2)C3C. The van der Waals surface area contributed by atoms with Crippen LogP contribution in [-0.4, -0.2) is 106 Å². The molecular weight excluding hydrogens is 688 g/mol. The van der Waals surface area contributed by atoms with Crippen LogP contribution in [-0.2, 0) is 28.5 Å². The van der Waals surface area contributed by atoms with Gasteiger partial charge in [-0.2, -0.15) is 0 Å². The monoisotopic (exact) mass is 750 g/mol. The molecule has 0 aromatic heterocycles. The largest absolute Gasteiger partial charge is 0.452 e. The lowest BCUT2D eigenvalue weighted by atomic mass is 9.85. The van der Waals surface area contributed by atoms with Crippen LogP contribution in [0.2, 0.25) is 0 Å². The Balaban J connectivity index is 1.31. The summed E-state index contributed by atoms with van der Waals surface area (Å²) in [5.41, 5.74) is 0.874. The van der Waals surface area contributed by atoms with Gasteiger partial charge in [-0.25, -0.2) is 4.79 Å². The third kappa shape index (κ3) is 11.6. The lowest BCUT2D eigenvalue weighted by molar-refractivity contribution is -0.175. The molecule has 0 spiro atoms. The van der Waals surface area contributed by atoms with E-state index in [4.69, 9.17) is 23.7 Å². The van der Waals surface area contributed by atoms with Gasteiger partial charge in [0.1, 0.15) is 24.4 Å². The molecule has 3 saturated heterocycles. The Kier molecular flexibility index (Phi) is 15.9. The van der Waals surface area contributed by atoms with E-state index in [-0.39, 0.29) is 60.8 Å². The molecule has 6 aliphatic rings. The molecule has 298 valence electrons. The van der Waals surface area contributed by atoms with Gasteiger partial charge in [-0.3, -0.25) is 0 Å². The minimum absolute atomic E-state index is 0.0585. The molecule has 0 aromatic carbocycles. The first-order valence-corrected chi connectivity index (χ1v) is 19.8. The van der Waals surface area contributed by atoms with Crippen molar-refractivity contribution in [3.8, 4) is 0 Å². The third-order valence-corrected chi connectivity index (χ3v) is 11.4. The van der Waals surface area contributed by atoms with Gasteiger partial charge in [0.15, 0.2) is 6.10 Å². The Hall–Kier alpha value is -2.93. The summed E-state index contributed by atoms with van der Waals surface area (Å²) in [7, 11) is 0. The number of ether oxygens (including phenoxy) is 5. The average molecular weight is 751 g/mol. The van der Waals surface area contributed by atoms with Crippen molar-refractivity contribution < 1.29 is 48.9 Å². The molecule has 0 saturated carbocycles. The second-order valence-electron chi connectivity index (χ2n) is 15.6. The summed E-state index contributed by atoms with van der Waals surface area (Å²) >= 11 is 0. The van der Waals surface area contributed by atoms with E-state index in [1.807, 2.05) is 81.5 Å². The Morgan fingerprint density at radius 3 is 2.28 bits per heavy atom. The summed E-state index contributed by atoms with van der Waals surface area (Å²) in [4.78, 5) is 12.9. The number of esters is 1. The van der Waals surface area contributed by atoms with Crippen molar-refractivity contribution in [1.82, 2.24) is 0 Å². The quantitative estimate of drug-likeness (QED) is 0.215. The maximum absolute atomic E-state index is 12.9. The summed E-state index contributed by atoms with van der Waals surface area (Å²) in [6.07, 6.45) is 25.2. The topological polar surface area (TPSA) is 144 Å². The number of carbonyl (C=O) groups excluding carboxylic acids is 1. The van der Waals surface area contributed by atoms with Gasteiger partial charge in [0.2, 0.25) is 0 Å². The van der Waals surface area contributed by atoms with Gasteiger partial charge in [-0.05, 0) is 51.2 Å². The number of aliphatic hydroxyl groups excluding tert-OH is 4. The summed E-state index contributed by atoms with van der Waals surface area (Å²) in [5, 5.41) is 42.8. The van der Waals surface area contributed by atoms with E-state index in [0.717, 1.165) is 18.4 Å². The van der Waals surface area contributed by atoms with Crippen LogP contribution >= 0.6 is 0 Å². The van der Waals surface area contributed by atoms with Crippen molar-refractivity contribution in [1.29, 1.82) is 0 Å². The Bertz CT molecular complexity index is 1460. The average Bonchev–Trinajstić information content (AvgIpc) is 3.49. The van der Waals surface area contributed by atoms with E-state index < -0.39 is 48.7 Å². The molecule has 6 rings (SSSR count). The normalized spacial score (nSPS) is 44.6. The molecular formula is C44H62O10. The summed E-state index contributed by atoms with van der Waals surface area (Å²) in [6, 6.07) is 0. The van der Waals surface area contributed by atoms with Crippen LogP contribution in [0.3, 0.4) is 0 Å². The molecule has 54 heavy (non-hydrogen) atoms. The zero-order valence-electron chi connectivity index (χ0n) is 32.4. The molecule has 0 aliphatic carbocycles. The molecule has 6 aliphatic heterocycles. The van der Waals surface area contributed by atoms with Gasteiger partial charge >= 0.3 is 5.97 Å². The minimum atomic E-state index is -1.17. The second kappa shape index (κ2) is 20.3. The number of rotatable bonds is 3. The number of allylic oxidation sites excluding steroid dienone is 6. The molecule has 4 N–H and O–H groups in total. The Labute approximate surface area is 321 Å². The number of hydrogen-bond donors (Lipinski definition) is 4. The zero-order valence-corrected chi connectivity index (χ0v) is 32.4. The van der Waals surface area contributed by atoms with Crippen molar-refractivity contribution in [2.75, 3.05) is 0 Å². The van der Waals surface area contributed by atoms with Crippen LogP contribution in [0.15, 0.2) is 96.7 Å². The van der Waals surface area contributed by atoms with Crippen LogP contribution in [0.1, 0.15) is 73.1 Å². The number of aliphatic hydroxyl groups is 4. The third-order valence-electron chi connectivity index (χ3n) is 11.4. The van der Waals surface area contributed by atoms with Crippen LogP contribution < -0.4 is 0 Å². The highest BCUT2D eigenvalue weighted by Gasteiger charge is 2.45. The first-order valence-electron chi connectivity index (χ1n) is 19.8. The molecule has 10 unspecified atom stereocenters. The summed E-state index contributed by atoms with van der Waals surface area (Å²) in [6.45, 7) is 9.68. The summed E-state index contributed by atoms with van der Waals surface area (Å²) in [5.74, 6) is -0.583. The highest BCUT2D eigenvalue weighted by atomic mass is 16.6. The van der Waals surface area contributed by atoms with E-state index in [0.29, 0.717) is 19.3 Å². The van der Waals surface area contributed by atoms with Crippen molar-refractivity contribution in [3.05, 3.63) is 96.7 Å². The zero-order chi connectivity index (χ0) is 38.8. The number of fused-ring (bicyclic) bond motifs is 13. The molecule has 7 bridgehead atoms. The summed E-state index contributed by atoms with van der Waals surface area (Å²) < 4.78 is 31.4. The molecule has 16 atom stereocenters. The maximum Gasteiger partial charge on any atom is 0.331 e. The van der Waals surface area contributed by atoms with Gasteiger partial charge in [0.25, 0.3) is 0 Å². The van der Waals surface area contributed by atoms with Crippen molar-refractivity contribution in [3.63, 3.8) is 0 Å². The van der Waals surface area contributed by atoms with E-state index in [1.54, 1.807) is 25.2 Å². The lowest BCUT2D eigenvalue weighted by Crippen LogP contribution is -2.50. The van der Waals surface area contributed by atoms with E-state index in [1.165, 1.54) is 6.08 Å². The van der Waals surface area contributed by atoms with Gasteiger partial charge in [0.05, 0.1) is 48.8 Å².